The molecule has 0 saturated carbocycles. The molecule has 0 saturated heterocycles. The van der Waals surface area contributed by atoms with Crippen molar-refractivity contribution in [2.45, 2.75) is 46.3 Å². The number of hydrogen-bond acceptors (Lipinski definition) is 2. The number of benzene rings is 1. The van der Waals surface area contributed by atoms with Gasteiger partial charge < -0.3 is 10.1 Å². The summed E-state index contributed by atoms with van der Waals surface area (Å²) in [5.74, 6) is 0.661. The molecule has 2 nitrogen and oxygen atoms in total. The van der Waals surface area contributed by atoms with Gasteiger partial charge >= 0.3 is 0 Å². The SMILES string of the molecule is CCNCC(OC(C)CC(C)C)c1ccccc1Br. The van der Waals surface area contributed by atoms with Crippen LogP contribution in [0.2, 0.25) is 0 Å². The highest BCUT2D eigenvalue weighted by atomic mass is 79.9. The minimum atomic E-state index is 0.101. The van der Waals surface area contributed by atoms with Crippen LogP contribution in [0.4, 0.5) is 0 Å². The zero-order valence-corrected chi connectivity index (χ0v) is 14.0. The van der Waals surface area contributed by atoms with Gasteiger partial charge in [0.15, 0.2) is 0 Å². The van der Waals surface area contributed by atoms with E-state index >= 15 is 0 Å². The molecule has 0 aliphatic carbocycles. The zero-order chi connectivity index (χ0) is 14.3. The predicted molar refractivity (Wildman–Crippen MR) is 85.4 cm³/mol. The van der Waals surface area contributed by atoms with Gasteiger partial charge in [0.2, 0.25) is 0 Å². The van der Waals surface area contributed by atoms with Gasteiger partial charge in [0.05, 0.1) is 12.2 Å². The van der Waals surface area contributed by atoms with E-state index in [1.54, 1.807) is 0 Å². The molecule has 3 heteroatoms. The Morgan fingerprint density at radius 2 is 1.89 bits per heavy atom. The molecule has 0 fully saturated rings. The fraction of sp³-hybridized carbons (Fsp3) is 0.625. The Hall–Kier alpha value is -0.380. The summed E-state index contributed by atoms with van der Waals surface area (Å²) >= 11 is 3.62. The van der Waals surface area contributed by atoms with Crippen molar-refractivity contribution < 1.29 is 4.74 Å². The summed E-state index contributed by atoms with van der Waals surface area (Å²) in [6.07, 6.45) is 1.47. The molecule has 0 spiro atoms. The Labute approximate surface area is 126 Å². The van der Waals surface area contributed by atoms with E-state index in [2.05, 4.69) is 67.1 Å². The molecule has 0 aliphatic rings. The Morgan fingerprint density at radius 3 is 2.47 bits per heavy atom. The van der Waals surface area contributed by atoms with Gasteiger partial charge in [-0.1, -0.05) is 54.9 Å². The lowest BCUT2D eigenvalue weighted by atomic mass is 10.1. The van der Waals surface area contributed by atoms with Crippen molar-refractivity contribution in [1.29, 1.82) is 0 Å². The van der Waals surface area contributed by atoms with Crippen molar-refractivity contribution in [1.82, 2.24) is 5.32 Å². The van der Waals surface area contributed by atoms with E-state index < -0.39 is 0 Å². The van der Waals surface area contributed by atoms with Gasteiger partial charge in [-0.05, 0) is 37.4 Å². The monoisotopic (exact) mass is 327 g/mol. The van der Waals surface area contributed by atoms with Crippen LogP contribution in [0.25, 0.3) is 0 Å². The van der Waals surface area contributed by atoms with Crippen molar-refractivity contribution in [3.05, 3.63) is 34.3 Å². The maximum atomic E-state index is 6.24. The van der Waals surface area contributed by atoms with Crippen molar-refractivity contribution in [2.24, 2.45) is 5.92 Å². The van der Waals surface area contributed by atoms with Gasteiger partial charge in [-0.3, -0.25) is 0 Å². The van der Waals surface area contributed by atoms with Crippen LogP contribution in [0.1, 0.15) is 45.8 Å². The van der Waals surface area contributed by atoms with Crippen LogP contribution in [0, 0.1) is 5.92 Å². The smallest absolute Gasteiger partial charge is 0.0963 e. The van der Waals surface area contributed by atoms with Crippen molar-refractivity contribution >= 4 is 15.9 Å². The van der Waals surface area contributed by atoms with Crippen molar-refractivity contribution in [3.8, 4) is 0 Å². The van der Waals surface area contributed by atoms with Crippen LogP contribution < -0.4 is 5.32 Å². The number of ether oxygens (including phenoxy) is 1. The molecule has 2 atom stereocenters. The van der Waals surface area contributed by atoms with Gasteiger partial charge in [-0.25, -0.2) is 0 Å². The normalized spacial score (nSPS) is 14.6. The number of rotatable bonds is 8. The second-order valence-electron chi connectivity index (χ2n) is 5.39. The molecule has 108 valence electrons. The Morgan fingerprint density at radius 1 is 1.21 bits per heavy atom. The molecule has 1 N–H and O–H groups in total. The van der Waals surface area contributed by atoms with Gasteiger partial charge in [-0.15, -0.1) is 0 Å². The first-order valence-corrected chi connectivity index (χ1v) is 7.94. The highest BCUT2D eigenvalue weighted by Gasteiger charge is 2.18. The summed E-state index contributed by atoms with van der Waals surface area (Å²) in [5, 5.41) is 3.39. The standard InChI is InChI=1S/C16H26BrNO/c1-5-18-11-16(19-13(4)10-12(2)3)14-8-6-7-9-15(14)17/h6-9,12-13,16,18H,5,10-11H2,1-4H3. The highest BCUT2D eigenvalue weighted by Crippen LogP contribution is 2.27. The average molecular weight is 328 g/mol. The minimum Gasteiger partial charge on any atom is -0.369 e. The molecule has 2 unspecified atom stereocenters. The lowest BCUT2D eigenvalue weighted by Gasteiger charge is -2.25. The summed E-state index contributed by atoms with van der Waals surface area (Å²) in [6, 6.07) is 8.31. The Bertz CT molecular complexity index is 368. The van der Waals surface area contributed by atoms with Gasteiger partial charge in [0, 0.05) is 11.0 Å². The second kappa shape index (κ2) is 8.72. The zero-order valence-electron chi connectivity index (χ0n) is 12.4. The van der Waals surface area contributed by atoms with E-state index in [1.165, 1.54) is 5.56 Å². The highest BCUT2D eigenvalue weighted by molar-refractivity contribution is 9.10. The molecule has 1 aromatic carbocycles. The van der Waals surface area contributed by atoms with E-state index in [4.69, 9.17) is 4.74 Å². The number of hydrogen-bond donors (Lipinski definition) is 1. The Kier molecular flexibility index (Phi) is 7.66. The molecule has 1 aromatic rings. The fourth-order valence-corrected chi connectivity index (χ4v) is 2.78. The molecule has 0 radical (unpaired) electrons. The summed E-state index contributed by atoms with van der Waals surface area (Å²) in [5.41, 5.74) is 1.22. The van der Waals surface area contributed by atoms with E-state index in [0.29, 0.717) is 5.92 Å². The third-order valence-electron chi connectivity index (χ3n) is 3.03. The van der Waals surface area contributed by atoms with Crippen LogP contribution in [0.15, 0.2) is 28.7 Å². The van der Waals surface area contributed by atoms with Crippen LogP contribution in [-0.4, -0.2) is 19.2 Å². The van der Waals surface area contributed by atoms with Crippen LogP contribution in [-0.2, 0) is 4.74 Å². The number of likely N-dealkylation sites (N-methyl/N-ethyl adjacent to an activating group) is 1. The van der Waals surface area contributed by atoms with E-state index in [-0.39, 0.29) is 12.2 Å². The average Bonchev–Trinajstić information content (AvgIpc) is 2.34. The molecule has 1 rings (SSSR count). The molecule has 19 heavy (non-hydrogen) atoms. The maximum absolute atomic E-state index is 6.24. The van der Waals surface area contributed by atoms with Crippen LogP contribution in [0.5, 0.6) is 0 Å². The molecule has 0 aliphatic heterocycles. The second-order valence-corrected chi connectivity index (χ2v) is 6.25. The van der Waals surface area contributed by atoms with E-state index in [0.717, 1.165) is 24.0 Å². The first-order valence-electron chi connectivity index (χ1n) is 7.15. The molecular formula is C16H26BrNO. The van der Waals surface area contributed by atoms with E-state index in [1.807, 2.05) is 6.07 Å². The van der Waals surface area contributed by atoms with Gasteiger partial charge in [-0.2, -0.15) is 0 Å². The fourth-order valence-electron chi connectivity index (χ4n) is 2.24. The summed E-state index contributed by atoms with van der Waals surface area (Å²) in [4.78, 5) is 0. The van der Waals surface area contributed by atoms with Crippen molar-refractivity contribution in [2.75, 3.05) is 13.1 Å². The first kappa shape index (κ1) is 16.7. The largest absolute Gasteiger partial charge is 0.369 e. The lowest BCUT2D eigenvalue weighted by molar-refractivity contribution is -0.0127. The predicted octanol–water partition coefficient (Wildman–Crippen LogP) is 4.55. The Balaban J connectivity index is 2.74. The quantitative estimate of drug-likeness (QED) is 0.756. The summed E-state index contributed by atoms with van der Waals surface area (Å²) in [6.45, 7) is 10.6. The molecule has 0 bridgehead atoms. The molecular weight excluding hydrogens is 302 g/mol. The van der Waals surface area contributed by atoms with E-state index in [9.17, 15) is 0 Å². The number of nitrogens with one attached hydrogen (secondary N) is 1. The molecule has 0 aromatic heterocycles. The van der Waals surface area contributed by atoms with Crippen LogP contribution >= 0.6 is 15.9 Å². The number of halogens is 1. The molecule has 0 heterocycles. The third kappa shape index (κ3) is 6.07. The van der Waals surface area contributed by atoms with Gasteiger partial charge in [0.25, 0.3) is 0 Å². The van der Waals surface area contributed by atoms with Gasteiger partial charge in [0.1, 0.15) is 0 Å². The van der Waals surface area contributed by atoms with Crippen LogP contribution in [0.3, 0.4) is 0 Å². The third-order valence-corrected chi connectivity index (χ3v) is 3.75. The topological polar surface area (TPSA) is 21.3 Å². The first-order chi connectivity index (χ1) is 9.04. The summed E-state index contributed by atoms with van der Waals surface area (Å²) < 4.78 is 7.36. The lowest BCUT2D eigenvalue weighted by Crippen LogP contribution is -2.26. The summed E-state index contributed by atoms with van der Waals surface area (Å²) in [7, 11) is 0. The van der Waals surface area contributed by atoms with Crippen molar-refractivity contribution in [3.63, 3.8) is 0 Å². The molecule has 0 amide bonds. The minimum absolute atomic E-state index is 0.101. The maximum Gasteiger partial charge on any atom is 0.0963 e.